The fraction of sp³-hybridized carbons (Fsp3) is 0.286. The third kappa shape index (κ3) is 3.18. The van der Waals surface area contributed by atoms with Crippen molar-refractivity contribution in [2.45, 2.75) is 26.9 Å². The Morgan fingerprint density at radius 3 is 2.85 bits per heavy atom. The van der Waals surface area contributed by atoms with E-state index in [9.17, 15) is 5.11 Å². The van der Waals surface area contributed by atoms with Crippen molar-refractivity contribution in [3.05, 3.63) is 65.2 Å². The highest BCUT2D eigenvalue weighted by molar-refractivity contribution is 5.71. The second-order valence-corrected chi connectivity index (χ2v) is 6.83. The molecule has 1 aliphatic heterocycles. The van der Waals surface area contributed by atoms with Gasteiger partial charge in [-0.1, -0.05) is 24.3 Å². The Bertz CT molecular complexity index is 933. The maximum absolute atomic E-state index is 10.5. The molecule has 0 fully saturated rings. The highest BCUT2D eigenvalue weighted by Crippen LogP contribution is 2.38. The molecule has 0 saturated heterocycles. The van der Waals surface area contributed by atoms with Crippen LogP contribution in [0.3, 0.4) is 0 Å². The van der Waals surface area contributed by atoms with E-state index >= 15 is 0 Å². The third-order valence-corrected chi connectivity index (χ3v) is 4.96. The summed E-state index contributed by atoms with van der Waals surface area (Å²) in [4.78, 5) is 9.83. The monoisotopic (exact) mass is 349 g/mol. The Morgan fingerprint density at radius 2 is 2.08 bits per heavy atom. The maximum atomic E-state index is 10.5. The van der Waals surface area contributed by atoms with Gasteiger partial charge in [0.25, 0.3) is 0 Å². The van der Waals surface area contributed by atoms with Crippen LogP contribution in [-0.2, 0) is 13.1 Å². The largest absolute Gasteiger partial charge is 0.504 e. The lowest BCUT2D eigenvalue weighted by atomic mass is 9.98. The SMILES string of the molecule is Cc1ccccc1-c1cc(O)c2c(c1)CN(Cc1nc[nH]c1C)CCO2. The number of rotatable bonds is 3. The Balaban J connectivity index is 1.68. The topological polar surface area (TPSA) is 61.4 Å². The van der Waals surface area contributed by atoms with Crippen LogP contribution in [0.25, 0.3) is 11.1 Å². The fourth-order valence-corrected chi connectivity index (χ4v) is 3.50. The molecular weight excluding hydrogens is 326 g/mol. The standard InChI is InChI=1S/C21H23N3O2/c1-14-5-3-4-6-18(14)16-9-17-11-24(12-19-15(2)22-13-23-19)7-8-26-21(17)20(25)10-16/h3-6,9-10,13,25H,7-8,11-12H2,1-2H3,(H,22,23). The molecule has 134 valence electrons. The Hall–Kier alpha value is -2.79. The average Bonchev–Trinajstić information content (AvgIpc) is 2.90. The van der Waals surface area contributed by atoms with Crippen molar-refractivity contribution in [2.24, 2.45) is 0 Å². The van der Waals surface area contributed by atoms with Gasteiger partial charge in [0.1, 0.15) is 6.61 Å². The van der Waals surface area contributed by atoms with Gasteiger partial charge in [0, 0.05) is 30.9 Å². The molecule has 0 bridgehead atoms. The van der Waals surface area contributed by atoms with Crippen LogP contribution >= 0.6 is 0 Å². The van der Waals surface area contributed by atoms with Crippen molar-refractivity contribution in [2.75, 3.05) is 13.2 Å². The summed E-state index contributed by atoms with van der Waals surface area (Å²) in [6, 6.07) is 12.1. The highest BCUT2D eigenvalue weighted by atomic mass is 16.5. The molecule has 2 N–H and O–H groups in total. The van der Waals surface area contributed by atoms with E-state index < -0.39 is 0 Å². The summed E-state index contributed by atoms with van der Waals surface area (Å²) in [6.45, 7) is 6.93. The number of benzene rings is 2. The molecule has 5 heteroatoms. The second kappa shape index (κ2) is 6.84. The highest BCUT2D eigenvalue weighted by Gasteiger charge is 2.21. The number of phenols is 1. The number of ether oxygens (including phenoxy) is 1. The molecule has 0 unspecified atom stereocenters. The van der Waals surface area contributed by atoms with Gasteiger partial charge in [0.2, 0.25) is 0 Å². The van der Waals surface area contributed by atoms with Crippen molar-refractivity contribution >= 4 is 0 Å². The number of aromatic nitrogens is 2. The number of aromatic hydroxyl groups is 1. The van der Waals surface area contributed by atoms with Crippen molar-refractivity contribution in [3.8, 4) is 22.6 Å². The first-order valence-electron chi connectivity index (χ1n) is 8.87. The van der Waals surface area contributed by atoms with Crippen LogP contribution < -0.4 is 4.74 Å². The van der Waals surface area contributed by atoms with Crippen LogP contribution in [0.1, 0.15) is 22.5 Å². The van der Waals surface area contributed by atoms with Crippen LogP contribution in [-0.4, -0.2) is 33.1 Å². The Labute approximate surface area is 153 Å². The summed E-state index contributed by atoms with van der Waals surface area (Å²) < 4.78 is 5.86. The van der Waals surface area contributed by atoms with Gasteiger partial charge >= 0.3 is 0 Å². The zero-order valence-electron chi connectivity index (χ0n) is 15.1. The molecule has 1 aliphatic rings. The van der Waals surface area contributed by atoms with Crippen LogP contribution in [0.2, 0.25) is 0 Å². The minimum Gasteiger partial charge on any atom is -0.504 e. The first-order chi connectivity index (χ1) is 12.6. The van der Waals surface area contributed by atoms with Gasteiger partial charge in [-0.05, 0) is 42.7 Å². The maximum Gasteiger partial charge on any atom is 0.165 e. The number of nitrogens with one attached hydrogen (secondary N) is 1. The lowest BCUT2D eigenvalue weighted by Gasteiger charge is -2.19. The van der Waals surface area contributed by atoms with Crippen molar-refractivity contribution in [3.63, 3.8) is 0 Å². The number of aryl methyl sites for hydroxylation is 2. The smallest absolute Gasteiger partial charge is 0.165 e. The quantitative estimate of drug-likeness (QED) is 0.755. The van der Waals surface area contributed by atoms with Crippen molar-refractivity contribution in [1.82, 2.24) is 14.9 Å². The van der Waals surface area contributed by atoms with Gasteiger partial charge in [-0.3, -0.25) is 4.90 Å². The summed E-state index contributed by atoms with van der Waals surface area (Å²) in [7, 11) is 0. The first kappa shape index (κ1) is 16.7. The number of H-pyrrole nitrogens is 1. The van der Waals surface area contributed by atoms with Crippen LogP contribution in [0.4, 0.5) is 0 Å². The van der Waals surface area contributed by atoms with Gasteiger partial charge in [-0.2, -0.15) is 0 Å². The molecule has 0 amide bonds. The Morgan fingerprint density at radius 1 is 1.23 bits per heavy atom. The molecule has 0 aliphatic carbocycles. The van der Waals surface area contributed by atoms with Crippen molar-refractivity contribution in [1.29, 1.82) is 0 Å². The predicted octanol–water partition coefficient (Wildman–Crippen LogP) is 3.79. The average molecular weight is 349 g/mol. The summed E-state index contributed by atoms with van der Waals surface area (Å²) in [5.74, 6) is 0.808. The molecule has 0 spiro atoms. The van der Waals surface area contributed by atoms with Gasteiger partial charge in [0.05, 0.1) is 12.0 Å². The van der Waals surface area contributed by atoms with E-state index in [-0.39, 0.29) is 5.75 Å². The van der Waals surface area contributed by atoms with E-state index in [0.717, 1.165) is 47.7 Å². The fourth-order valence-electron chi connectivity index (χ4n) is 3.50. The molecule has 2 aromatic carbocycles. The first-order valence-corrected chi connectivity index (χ1v) is 8.87. The number of aromatic amines is 1. The second-order valence-electron chi connectivity index (χ2n) is 6.83. The number of hydrogen-bond acceptors (Lipinski definition) is 4. The number of nitrogens with zero attached hydrogens (tertiary/aromatic N) is 2. The minimum absolute atomic E-state index is 0.207. The van der Waals surface area contributed by atoms with E-state index in [2.05, 4.69) is 40.0 Å². The van der Waals surface area contributed by atoms with E-state index in [4.69, 9.17) is 4.74 Å². The molecule has 2 heterocycles. The van der Waals surface area contributed by atoms with Gasteiger partial charge in [-0.15, -0.1) is 0 Å². The van der Waals surface area contributed by atoms with E-state index in [0.29, 0.717) is 12.4 Å². The van der Waals surface area contributed by atoms with E-state index in [1.807, 2.05) is 19.1 Å². The lowest BCUT2D eigenvalue weighted by molar-refractivity contribution is 0.215. The number of phenolic OH excluding ortho intramolecular Hbond substituents is 1. The van der Waals surface area contributed by atoms with Gasteiger partial charge in [-0.25, -0.2) is 4.98 Å². The zero-order valence-corrected chi connectivity index (χ0v) is 15.1. The molecule has 26 heavy (non-hydrogen) atoms. The molecular formula is C21H23N3O2. The van der Waals surface area contributed by atoms with Gasteiger partial charge < -0.3 is 14.8 Å². The summed E-state index contributed by atoms with van der Waals surface area (Å²) in [6.07, 6.45) is 1.73. The molecule has 4 rings (SSSR count). The van der Waals surface area contributed by atoms with Crippen LogP contribution in [0.5, 0.6) is 11.5 Å². The molecule has 1 aromatic heterocycles. The number of hydrogen-bond donors (Lipinski definition) is 2. The summed E-state index contributed by atoms with van der Waals surface area (Å²) in [5, 5.41) is 10.5. The molecule has 3 aromatic rings. The Kier molecular flexibility index (Phi) is 4.39. The molecule has 0 saturated carbocycles. The minimum atomic E-state index is 0.207. The normalized spacial score (nSPS) is 14.5. The lowest BCUT2D eigenvalue weighted by Crippen LogP contribution is -2.25. The van der Waals surface area contributed by atoms with Crippen LogP contribution in [0, 0.1) is 13.8 Å². The molecule has 0 atom stereocenters. The number of imidazole rings is 1. The zero-order chi connectivity index (χ0) is 18.1. The summed E-state index contributed by atoms with van der Waals surface area (Å²) >= 11 is 0. The van der Waals surface area contributed by atoms with E-state index in [1.165, 1.54) is 5.56 Å². The third-order valence-electron chi connectivity index (χ3n) is 4.96. The van der Waals surface area contributed by atoms with Crippen molar-refractivity contribution < 1.29 is 9.84 Å². The number of fused-ring (bicyclic) bond motifs is 1. The van der Waals surface area contributed by atoms with E-state index in [1.54, 1.807) is 12.4 Å². The molecule has 5 nitrogen and oxygen atoms in total. The summed E-state index contributed by atoms with van der Waals surface area (Å²) in [5.41, 5.74) is 6.48. The molecule has 0 radical (unpaired) electrons. The predicted molar refractivity (Wildman–Crippen MR) is 101 cm³/mol. The van der Waals surface area contributed by atoms with Gasteiger partial charge in [0.15, 0.2) is 11.5 Å². The van der Waals surface area contributed by atoms with Crippen LogP contribution in [0.15, 0.2) is 42.7 Å².